The molecular weight excluding hydrogens is 495 g/mol. The molecule has 0 saturated carbocycles. The number of allylic oxidation sites excluding steroid dienone is 2. The van der Waals surface area contributed by atoms with E-state index in [1.54, 1.807) is 6.07 Å². The van der Waals surface area contributed by atoms with Gasteiger partial charge in [-0.15, -0.1) is 13.2 Å². The van der Waals surface area contributed by atoms with E-state index in [9.17, 15) is 5.11 Å². The monoisotopic (exact) mass is 540 g/mol. The van der Waals surface area contributed by atoms with E-state index in [0.717, 1.165) is 46.1 Å². The van der Waals surface area contributed by atoms with Gasteiger partial charge in [0.25, 0.3) is 0 Å². The van der Waals surface area contributed by atoms with Gasteiger partial charge in [0.15, 0.2) is 0 Å². The Morgan fingerprint density at radius 3 is 1.93 bits per heavy atom. The Kier molecular flexibility index (Phi) is 10.8. The summed E-state index contributed by atoms with van der Waals surface area (Å²) in [6, 6.07) is 19.7. The first-order chi connectivity index (χ1) is 19.1. The Hall–Kier alpha value is -3.28. The smallest absolute Gasteiger partial charge is 0.495 e. The van der Waals surface area contributed by atoms with Crippen LogP contribution in [0.4, 0.5) is 0 Å². The summed E-state index contributed by atoms with van der Waals surface area (Å²) in [6.07, 6.45) is 7.81. The molecule has 4 nitrogen and oxygen atoms in total. The summed E-state index contributed by atoms with van der Waals surface area (Å²) >= 11 is 0. The fraction of sp³-hybridized carbons (Fsp3) is 0.371. The van der Waals surface area contributed by atoms with E-state index in [1.807, 2.05) is 60.7 Å². The van der Waals surface area contributed by atoms with Crippen LogP contribution >= 0.6 is 0 Å². The average molecular weight is 541 g/mol. The Morgan fingerprint density at radius 2 is 1.35 bits per heavy atom. The number of hydrogen-bond donors (Lipinski definition) is 1. The first kappa shape index (κ1) is 31.3. The van der Waals surface area contributed by atoms with Gasteiger partial charge in [-0.3, -0.25) is 0 Å². The zero-order valence-corrected chi connectivity index (χ0v) is 25.1. The fourth-order valence-electron chi connectivity index (χ4n) is 4.32. The molecule has 1 aliphatic rings. The molecule has 5 heteroatoms. The predicted molar refractivity (Wildman–Crippen MR) is 168 cm³/mol. The summed E-state index contributed by atoms with van der Waals surface area (Å²) in [6.45, 7) is 20.6. The molecule has 1 aliphatic heterocycles. The quantitative estimate of drug-likeness (QED) is 0.208. The number of aromatic hydroxyl groups is 1. The summed E-state index contributed by atoms with van der Waals surface area (Å²) in [5.74, 6) is 0.902. The van der Waals surface area contributed by atoms with E-state index >= 15 is 0 Å². The van der Waals surface area contributed by atoms with Crippen LogP contribution in [0.25, 0.3) is 11.1 Å². The van der Waals surface area contributed by atoms with Crippen molar-refractivity contribution in [2.24, 2.45) is 0 Å². The fourth-order valence-corrected chi connectivity index (χ4v) is 4.32. The van der Waals surface area contributed by atoms with E-state index in [-0.39, 0.29) is 5.75 Å². The largest absolute Gasteiger partial charge is 0.507 e. The van der Waals surface area contributed by atoms with E-state index in [2.05, 4.69) is 60.8 Å². The molecular formula is C35H45BO4. The third kappa shape index (κ3) is 7.47. The van der Waals surface area contributed by atoms with Crippen LogP contribution in [-0.4, -0.2) is 23.4 Å². The number of rotatable bonds is 10. The van der Waals surface area contributed by atoms with Gasteiger partial charge >= 0.3 is 7.12 Å². The van der Waals surface area contributed by atoms with Gasteiger partial charge in [-0.1, -0.05) is 75.2 Å². The topological polar surface area (TPSA) is 47.9 Å². The lowest BCUT2D eigenvalue weighted by Gasteiger charge is -2.32. The minimum absolute atomic E-state index is 0.209. The summed E-state index contributed by atoms with van der Waals surface area (Å²) in [7, 11) is -0.469. The summed E-state index contributed by atoms with van der Waals surface area (Å²) in [5, 5.41) is 10.7. The molecule has 0 atom stereocenters. The number of ether oxygens (including phenoxy) is 1. The second kappa shape index (κ2) is 13.9. The molecule has 0 radical (unpaired) electrons. The highest BCUT2D eigenvalue weighted by Crippen LogP contribution is 2.39. The van der Waals surface area contributed by atoms with Crippen molar-refractivity contribution in [2.45, 2.75) is 85.0 Å². The van der Waals surface area contributed by atoms with Gasteiger partial charge in [0, 0.05) is 11.1 Å². The molecule has 212 valence electrons. The van der Waals surface area contributed by atoms with Gasteiger partial charge in [0.2, 0.25) is 0 Å². The van der Waals surface area contributed by atoms with Crippen LogP contribution in [0.5, 0.6) is 11.5 Å². The van der Waals surface area contributed by atoms with Crippen LogP contribution in [0.15, 0.2) is 86.0 Å². The lowest BCUT2D eigenvalue weighted by Crippen LogP contribution is -2.41. The molecule has 1 heterocycles. The van der Waals surface area contributed by atoms with E-state index in [1.165, 1.54) is 12.8 Å². The van der Waals surface area contributed by atoms with E-state index < -0.39 is 18.3 Å². The molecule has 40 heavy (non-hydrogen) atoms. The van der Waals surface area contributed by atoms with Crippen molar-refractivity contribution in [1.29, 1.82) is 0 Å². The standard InChI is InChI=1S/C31H35BO4.C4H10/c1-7-11-22-15-17-28(33)25(19-22)26-20-23(12-8-2)16-18-29(26)34-21-24-13-9-10-14-27(24)32-35-30(3,4)31(5,6)36-32;1-3-4-2/h7-10,13-20,33H,1-2,11-12,21H2,3-6H3;3-4H2,1-2H3. The predicted octanol–water partition coefficient (Wildman–Crippen LogP) is 8.20. The van der Waals surface area contributed by atoms with Gasteiger partial charge in [-0.2, -0.15) is 0 Å². The molecule has 1 N–H and O–H groups in total. The molecule has 3 aromatic carbocycles. The number of phenolic OH excluding ortho intramolecular Hbond substituents is 1. The van der Waals surface area contributed by atoms with Crippen molar-refractivity contribution < 1.29 is 19.2 Å². The van der Waals surface area contributed by atoms with Crippen LogP contribution in [0.2, 0.25) is 0 Å². The number of hydrogen-bond acceptors (Lipinski definition) is 4. The van der Waals surface area contributed by atoms with Crippen LogP contribution in [0, 0.1) is 0 Å². The lowest BCUT2D eigenvalue weighted by molar-refractivity contribution is 0.00578. The Morgan fingerprint density at radius 1 is 0.800 bits per heavy atom. The highest BCUT2D eigenvalue weighted by atomic mass is 16.7. The van der Waals surface area contributed by atoms with Crippen molar-refractivity contribution in [3.63, 3.8) is 0 Å². The number of phenols is 1. The summed E-state index contributed by atoms with van der Waals surface area (Å²) in [5.41, 5.74) is 4.84. The van der Waals surface area contributed by atoms with E-state index in [4.69, 9.17) is 14.0 Å². The van der Waals surface area contributed by atoms with Gasteiger partial charge < -0.3 is 19.2 Å². The van der Waals surface area contributed by atoms with Crippen LogP contribution in [-0.2, 0) is 28.8 Å². The maximum Gasteiger partial charge on any atom is 0.495 e. The van der Waals surface area contributed by atoms with Gasteiger partial charge in [0.1, 0.15) is 18.1 Å². The molecule has 0 bridgehead atoms. The number of benzene rings is 3. The Labute approximate surface area is 241 Å². The van der Waals surface area contributed by atoms with Crippen LogP contribution in [0.3, 0.4) is 0 Å². The molecule has 4 rings (SSSR count). The molecule has 0 unspecified atom stereocenters. The maximum absolute atomic E-state index is 10.7. The first-order valence-corrected chi connectivity index (χ1v) is 14.3. The van der Waals surface area contributed by atoms with Crippen molar-refractivity contribution in [2.75, 3.05) is 0 Å². The Bertz CT molecular complexity index is 1280. The minimum Gasteiger partial charge on any atom is -0.507 e. The minimum atomic E-state index is -0.469. The maximum atomic E-state index is 10.7. The molecule has 0 aromatic heterocycles. The third-order valence-corrected chi connectivity index (χ3v) is 7.60. The molecule has 3 aromatic rings. The highest BCUT2D eigenvalue weighted by molar-refractivity contribution is 6.62. The average Bonchev–Trinajstić information content (AvgIpc) is 3.15. The molecule has 1 fully saturated rings. The van der Waals surface area contributed by atoms with E-state index in [0.29, 0.717) is 12.4 Å². The first-order valence-electron chi connectivity index (χ1n) is 14.3. The summed E-state index contributed by atoms with van der Waals surface area (Å²) < 4.78 is 19.0. The SMILES string of the molecule is C=CCc1ccc(O)c(-c2cc(CC=C)ccc2OCc2ccccc2B2OC(C)(C)C(C)(C)O2)c1.CCCC. The Balaban J connectivity index is 0.00000103. The number of unbranched alkanes of at least 4 members (excludes halogenated alkanes) is 1. The molecule has 1 saturated heterocycles. The highest BCUT2D eigenvalue weighted by Gasteiger charge is 2.52. The zero-order chi connectivity index (χ0) is 29.3. The third-order valence-electron chi connectivity index (χ3n) is 7.60. The molecule has 0 aliphatic carbocycles. The van der Waals surface area contributed by atoms with Crippen LogP contribution in [0.1, 0.15) is 71.1 Å². The summed E-state index contributed by atoms with van der Waals surface area (Å²) in [4.78, 5) is 0. The van der Waals surface area contributed by atoms with Gasteiger partial charge in [0.05, 0.1) is 11.2 Å². The molecule has 0 spiro atoms. The second-order valence-corrected chi connectivity index (χ2v) is 11.2. The van der Waals surface area contributed by atoms with Gasteiger partial charge in [-0.25, -0.2) is 0 Å². The zero-order valence-electron chi connectivity index (χ0n) is 25.1. The lowest BCUT2D eigenvalue weighted by atomic mass is 9.76. The van der Waals surface area contributed by atoms with Gasteiger partial charge in [-0.05, 0) is 87.0 Å². The van der Waals surface area contributed by atoms with Crippen molar-refractivity contribution in [3.8, 4) is 22.6 Å². The van der Waals surface area contributed by atoms with Crippen molar-refractivity contribution >= 4 is 12.6 Å². The molecule has 0 amide bonds. The second-order valence-electron chi connectivity index (χ2n) is 11.2. The normalized spacial score (nSPS) is 15.2. The van der Waals surface area contributed by atoms with Crippen LogP contribution < -0.4 is 10.2 Å². The van der Waals surface area contributed by atoms with Crippen molar-refractivity contribution in [1.82, 2.24) is 0 Å². The van der Waals surface area contributed by atoms with Crippen molar-refractivity contribution in [3.05, 3.63) is 103 Å².